The van der Waals surface area contributed by atoms with Crippen molar-refractivity contribution in [1.29, 1.82) is 0 Å². The van der Waals surface area contributed by atoms with Gasteiger partial charge in [-0.05, 0) is 66.7 Å². The molecule has 1 amide bonds. The molecule has 218 valence electrons. The molecule has 3 aromatic rings. The molecule has 0 spiro atoms. The van der Waals surface area contributed by atoms with Gasteiger partial charge in [0.25, 0.3) is 0 Å². The van der Waals surface area contributed by atoms with Gasteiger partial charge in [0.1, 0.15) is 29.3 Å². The van der Waals surface area contributed by atoms with Gasteiger partial charge in [-0.1, -0.05) is 67.4 Å². The lowest BCUT2D eigenvalue weighted by molar-refractivity contribution is -0.0759. The number of rotatable bonds is 17. The van der Waals surface area contributed by atoms with Gasteiger partial charge in [0.2, 0.25) is 0 Å². The molecule has 4 N–H and O–H groups in total. The predicted molar refractivity (Wildman–Crippen MR) is 161 cm³/mol. The number of carbonyl (C=O) groups excluding carboxylic acids is 1. The predicted octanol–water partition coefficient (Wildman–Crippen LogP) is 4.57. The second kappa shape index (κ2) is 16.7. The number of hydrogen-bond acceptors (Lipinski definition) is 7. The molecule has 8 nitrogen and oxygen atoms in total. The average molecular weight is 561 g/mol. The van der Waals surface area contributed by atoms with Crippen molar-refractivity contribution in [2.24, 2.45) is 5.73 Å². The van der Waals surface area contributed by atoms with Crippen molar-refractivity contribution in [1.82, 2.24) is 5.32 Å². The Labute approximate surface area is 244 Å². The number of hydrogen-bond donors (Lipinski definition) is 3. The molecule has 0 unspecified atom stereocenters. The Morgan fingerprint density at radius 3 is 1.90 bits per heavy atom. The summed E-state index contributed by atoms with van der Waals surface area (Å²) in [5, 5.41) is 13.9. The lowest BCUT2D eigenvalue weighted by Gasteiger charge is -2.37. The topological polar surface area (TPSA) is 112 Å². The molecule has 3 rings (SSSR count). The molecular formula is C32H41BN2O6. The first-order valence-electron chi connectivity index (χ1n) is 14.0. The van der Waals surface area contributed by atoms with Crippen LogP contribution in [0.25, 0.3) is 0 Å². The van der Waals surface area contributed by atoms with Crippen LogP contribution >= 0.6 is 0 Å². The fourth-order valence-corrected chi connectivity index (χ4v) is 4.67. The molecule has 0 fully saturated rings. The van der Waals surface area contributed by atoms with E-state index in [-0.39, 0.29) is 12.9 Å². The van der Waals surface area contributed by atoms with Crippen LogP contribution < -0.4 is 20.5 Å². The molecule has 0 aliphatic carbocycles. The Kier molecular flexibility index (Phi) is 13.0. The van der Waals surface area contributed by atoms with Gasteiger partial charge in [0, 0.05) is 6.54 Å². The first kappa shape index (κ1) is 32.0. The maximum absolute atomic E-state index is 12.4. The smallest absolute Gasteiger partial charge is 0.407 e. The standard InChI is InChI=1S/C32H41BN2O6/c1-38-27-16-12-25(13-17-27)32(24-10-6-5-7-11-24,26-14-18-28(39-2)19-15-26)40-23-29(36)30(22-33)41-31(37)35-21-9-4-3-8-20-34/h5-7,10-19,29-30,36H,3-4,8-9,20-23,34H2,1-2H3,(H,35,37)/t29-,30-/m1/s1. The van der Waals surface area contributed by atoms with E-state index >= 15 is 0 Å². The summed E-state index contributed by atoms with van der Waals surface area (Å²) in [7, 11) is 9.13. The average Bonchev–Trinajstić information content (AvgIpc) is 3.02. The molecule has 41 heavy (non-hydrogen) atoms. The summed E-state index contributed by atoms with van der Waals surface area (Å²) in [6.45, 7) is 0.969. The molecule has 0 aliphatic heterocycles. The third-order valence-electron chi connectivity index (χ3n) is 6.96. The molecular weight excluding hydrogens is 519 g/mol. The number of benzene rings is 3. The first-order valence-corrected chi connectivity index (χ1v) is 14.0. The maximum Gasteiger partial charge on any atom is 0.407 e. The highest BCUT2D eigenvalue weighted by molar-refractivity contribution is 6.09. The summed E-state index contributed by atoms with van der Waals surface area (Å²) < 4.78 is 22.9. The van der Waals surface area contributed by atoms with Crippen LogP contribution in [-0.4, -0.2) is 65.2 Å². The summed E-state index contributed by atoms with van der Waals surface area (Å²) in [6, 6.07) is 24.9. The van der Waals surface area contributed by atoms with Gasteiger partial charge in [0.15, 0.2) is 0 Å². The number of aliphatic hydroxyl groups is 1. The van der Waals surface area contributed by atoms with Crippen LogP contribution in [-0.2, 0) is 15.1 Å². The number of carbonyl (C=O) groups is 1. The van der Waals surface area contributed by atoms with E-state index in [4.69, 9.17) is 32.5 Å². The lowest BCUT2D eigenvalue weighted by Crippen LogP contribution is -2.41. The van der Waals surface area contributed by atoms with Crippen LogP contribution in [0.1, 0.15) is 42.4 Å². The van der Waals surface area contributed by atoms with Gasteiger partial charge in [-0.3, -0.25) is 0 Å². The van der Waals surface area contributed by atoms with Crippen molar-refractivity contribution in [3.8, 4) is 11.5 Å². The molecule has 0 saturated carbocycles. The zero-order valence-corrected chi connectivity index (χ0v) is 24.0. The molecule has 9 heteroatoms. The van der Waals surface area contributed by atoms with Crippen LogP contribution in [0.4, 0.5) is 4.79 Å². The third kappa shape index (κ3) is 8.73. The fourth-order valence-electron chi connectivity index (χ4n) is 4.67. The number of nitrogens with two attached hydrogens (primary N) is 1. The van der Waals surface area contributed by atoms with E-state index in [1.54, 1.807) is 14.2 Å². The van der Waals surface area contributed by atoms with Crippen molar-refractivity contribution in [3.05, 3.63) is 95.6 Å². The van der Waals surface area contributed by atoms with Gasteiger partial charge in [-0.25, -0.2) is 4.79 Å². The van der Waals surface area contributed by atoms with Crippen molar-refractivity contribution in [2.45, 2.75) is 49.8 Å². The summed E-state index contributed by atoms with van der Waals surface area (Å²) >= 11 is 0. The van der Waals surface area contributed by atoms with Crippen LogP contribution in [0, 0.1) is 0 Å². The molecule has 0 bridgehead atoms. The van der Waals surface area contributed by atoms with E-state index in [0.29, 0.717) is 24.6 Å². The third-order valence-corrected chi connectivity index (χ3v) is 6.96. The Morgan fingerprint density at radius 1 is 0.854 bits per heavy atom. The summed E-state index contributed by atoms with van der Waals surface area (Å²) in [5.41, 5.74) is 6.88. The summed E-state index contributed by atoms with van der Waals surface area (Å²) in [5.74, 6) is 1.40. The monoisotopic (exact) mass is 560 g/mol. The number of ether oxygens (including phenoxy) is 4. The van der Waals surface area contributed by atoms with E-state index in [2.05, 4.69) is 5.32 Å². The van der Waals surface area contributed by atoms with Gasteiger partial charge < -0.3 is 35.1 Å². The quantitative estimate of drug-likeness (QED) is 0.126. The van der Waals surface area contributed by atoms with E-state index in [1.807, 2.05) is 78.9 Å². The second-order valence-electron chi connectivity index (χ2n) is 9.69. The van der Waals surface area contributed by atoms with E-state index in [9.17, 15) is 9.90 Å². The fraction of sp³-hybridized carbons (Fsp3) is 0.406. The maximum atomic E-state index is 12.4. The van der Waals surface area contributed by atoms with Crippen LogP contribution in [0.2, 0.25) is 6.32 Å². The van der Waals surface area contributed by atoms with Crippen molar-refractivity contribution >= 4 is 13.9 Å². The summed E-state index contributed by atoms with van der Waals surface area (Å²) in [4.78, 5) is 12.4. The molecule has 0 aromatic heterocycles. The molecule has 0 heterocycles. The number of unbranched alkanes of at least 4 members (excludes halogenated alkanes) is 3. The van der Waals surface area contributed by atoms with E-state index in [1.165, 1.54) is 0 Å². The zero-order valence-electron chi connectivity index (χ0n) is 24.0. The van der Waals surface area contributed by atoms with E-state index < -0.39 is 23.9 Å². The van der Waals surface area contributed by atoms with Crippen molar-refractivity contribution in [3.63, 3.8) is 0 Å². The number of aliphatic hydroxyl groups excluding tert-OH is 1. The highest BCUT2D eigenvalue weighted by Crippen LogP contribution is 2.41. The SMILES string of the molecule is [B]C[C@@H](OC(=O)NCCCCCCN)[C@H](O)COC(c1ccccc1)(c1ccc(OC)cc1)c1ccc(OC)cc1. The highest BCUT2D eigenvalue weighted by Gasteiger charge is 2.39. The number of alkyl carbamates (subject to hydrolysis) is 1. The Bertz CT molecular complexity index is 1110. The zero-order chi connectivity index (χ0) is 29.5. The van der Waals surface area contributed by atoms with Crippen molar-refractivity contribution < 1.29 is 28.8 Å². The molecule has 0 saturated heterocycles. The molecule has 3 aromatic carbocycles. The van der Waals surface area contributed by atoms with Crippen LogP contribution in [0.15, 0.2) is 78.9 Å². The summed E-state index contributed by atoms with van der Waals surface area (Å²) in [6.07, 6.45) is 0.908. The largest absolute Gasteiger partial charge is 0.497 e. The lowest BCUT2D eigenvalue weighted by atomic mass is 9.80. The van der Waals surface area contributed by atoms with Crippen molar-refractivity contribution in [2.75, 3.05) is 33.9 Å². The van der Waals surface area contributed by atoms with Gasteiger partial charge >= 0.3 is 6.09 Å². The van der Waals surface area contributed by atoms with Gasteiger partial charge in [0.05, 0.1) is 28.7 Å². The van der Waals surface area contributed by atoms with Crippen LogP contribution in [0.3, 0.4) is 0 Å². The number of nitrogens with one attached hydrogen (secondary N) is 1. The number of methoxy groups -OCH3 is 2. The highest BCUT2D eigenvalue weighted by atomic mass is 16.6. The normalized spacial score (nSPS) is 12.8. The minimum Gasteiger partial charge on any atom is -0.497 e. The molecule has 2 radical (unpaired) electrons. The number of amides is 1. The minimum absolute atomic E-state index is 0.0716. The Balaban J connectivity index is 1.85. The molecule has 0 aliphatic rings. The van der Waals surface area contributed by atoms with Gasteiger partial charge in [-0.15, -0.1) is 0 Å². The van der Waals surface area contributed by atoms with Crippen LogP contribution in [0.5, 0.6) is 11.5 Å². The first-order chi connectivity index (χ1) is 20.0. The molecule has 2 atom stereocenters. The Morgan fingerprint density at radius 2 is 1.39 bits per heavy atom. The van der Waals surface area contributed by atoms with E-state index in [0.717, 1.165) is 42.4 Å². The van der Waals surface area contributed by atoms with Gasteiger partial charge in [-0.2, -0.15) is 0 Å². The second-order valence-corrected chi connectivity index (χ2v) is 9.69. The minimum atomic E-state index is -1.19. The Hall–Kier alpha value is -3.53.